The number of benzene rings is 3. The third-order valence-corrected chi connectivity index (χ3v) is 7.03. The third kappa shape index (κ3) is 4.26. The van der Waals surface area contributed by atoms with E-state index < -0.39 is 0 Å². The van der Waals surface area contributed by atoms with Crippen LogP contribution < -0.4 is 15.2 Å². The lowest BCUT2D eigenvalue weighted by molar-refractivity contribution is 0.174. The van der Waals surface area contributed by atoms with E-state index in [0.29, 0.717) is 28.7 Å². The van der Waals surface area contributed by atoms with Gasteiger partial charge < -0.3 is 24.0 Å². The number of ether oxygens (including phenoxy) is 2. The molecule has 3 heterocycles. The molecule has 0 aliphatic carbocycles. The maximum atomic E-state index is 6.51. The van der Waals surface area contributed by atoms with Crippen LogP contribution in [0, 0.1) is 0 Å². The smallest absolute Gasteiger partial charge is 0.231 e. The Labute approximate surface area is 218 Å². The summed E-state index contributed by atoms with van der Waals surface area (Å²) in [7, 11) is 0. The Morgan fingerprint density at radius 2 is 1.11 bits per heavy atom. The highest BCUT2D eigenvalue weighted by atomic mass is 79.9. The van der Waals surface area contributed by atoms with Gasteiger partial charge in [-0.2, -0.15) is 0 Å². The highest BCUT2D eigenvalue weighted by Crippen LogP contribution is 2.44. The van der Waals surface area contributed by atoms with Crippen LogP contribution in [-0.2, 0) is 0 Å². The van der Waals surface area contributed by atoms with Crippen LogP contribution in [0.2, 0.25) is 0 Å². The number of furan rings is 2. The van der Waals surface area contributed by atoms with Crippen molar-refractivity contribution >= 4 is 37.5 Å². The molecule has 1 aliphatic rings. The van der Waals surface area contributed by atoms with Gasteiger partial charge in [0.05, 0.1) is 0 Å². The van der Waals surface area contributed by atoms with E-state index in [1.807, 2.05) is 78.9 Å². The van der Waals surface area contributed by atoms with E-state index in [1.165, 1.54) is 0 Å². The highest BCUT2D eigenvalue weighted by Gasteiger charge is 2.29. The highest BCUT2D eigenvalue weighted by molar-refractivity contribution is 9.10. The van der Waals surface area contributed by atoms with E-state index in [-0.39, 0.29) is 12.7 Å². The van der Waals surface area contributed by atoms with E-state index in [1.54, 1.807) is 6.07 Å². The maximum absolute atomic E-state index is 6.51. The van der Waals surface area contributed by atoms with Crippen LogP contribution >= 0.6 is 31.9 Å². The summed E-state index contributed by atoms with van der Waals surface area (Å²) < 4.78 is 25.9. The first-order valence-electron chi connectivity index (χ1n) is 11.0. The molecular formula is C28H19Br2NO4. The van der Waals surface area contributed by atoms with Gasteiger partial charge in [0.1, 0.15) is 29.0 Å². The molecule has 0 bridgehead atoms. The summed E-state index contributed by atoms with van der Waals surface area (Å²) in [5, 5.41) is 0. The monoisotopic (exact) mass is 591 g/mol. The maximum Gasteiger partial charge on any atom is 0.231 e. The molecule has 0 saturated carbocycles. The van der Waals surface area contributed by atoms with Crippen molar-refractivity contribution in [1.29, 1.82) is 0 Å². The number of halogens is 2. The second-order valence-electron chi connectivity index (χ2n) is 8.19. The van der Waals surface area contributed by atoms with Gasteiger partial charge in [-0.25, -0.2) is 0 Å². The normalized spacial score (nSPS) is 12.4. The summed E-state index contributed by atoms with van der Waals surface area (Å²) >= 11 is 6.97. The Morgan fingerprint density at radius 1 is 0.629 bits per heavy atom. The fourth-order valence-corrected chi connectivity index (χ4v) is 4.75. The Balaban J connectivity index is 1.46. The second-order valence-corrected chi connectivity index (χ2v) is 10.0. The van der Waals surface area contributed by atoms with E-state index in [9.17, 15) is 0 Å². The molecule has 6 rings (SSSR count). The molecule has 7 heteroatoms. The van der Waals surface area contributed by atoms with E-state index in [0.717, 1.165) is 37.2 Å². The molecule has 0 spiro atoms. The minimum absolute atomic E-state index is 0.172. The first kappa shape index (κ1) is 22.1. The molecule has 3 aromatic carbocycles. The molecule has 2 N–H and O–H groups in total. The van der Waals surface area contributed by atoms with Crippen molar-refractivity contribution in [2.75, 3.05) is 12.5 Å². The van der Waals surface area contributed by atoms with Crippen molar-refractivity contribution in [3.63, 3.8) is 0 Å². The standard InChI is InChI=1S/C28H19Br2NO4/c29-18-5-1-16(2-6-18)22-9-11-24(34-22)28(20-13-26-27(14-21(20)31)33-15-32-26)25-12-10-23(35-25)17-3-7-19(30)8-4-17/h1-14,28H,15,31H2. The van der Waals surface area contributed by atoms with Gasteiger partial charge in [-0.05, 0) is 60.2 Å². The Morgan fingerprint density at radius 3 is 1.63 bits per heavy atom. The van der Waals surface area contributed by atoms with Crippen molar-refractivity contribution < 1.29 is 18.3 Å². The predicted octanol–water partition coefficient (Wildman–Crippen LogP) is 8.22. The fourth-order valence-electron chi connectivity index (χ4n) is 4.22. The summed E-state index contributed by atoms with van der Waals surface area (Å²) in [6.07, 6.45) is 0. The van der Waals surface area contributed by atoms with E-state index in [4.69, 9.17) is 24.0 Å². The first-order chi connectivity index (χ1) is 17.0. The van der Waals surface area contributed by atoms with Gasteiger partial charge in [0.2, 0.25) is 6.79 Å². The number of nitrogens with two attached hydrogens (primary N) is 1. The summed E-state index contributed by atoms with van der Waals surface area (Å²) in [6, 6.07) is 27.6. The van der Waals surface area contributed by atoms with E-state index >= 15 is 0 Å². The molecule has 35 heavy (non-hydrogen) atoms. The molecule has 0 fully saturated rings. The Hall–Kier alpha value is -3.42. The number of nitrogen functional groups attached to an aromatic ring is 1. The summed E-state index contributed by atoms with van der Waals surface area (Å²) in [4.78, 5) is 0. The number of rotatable bonds is 5. The zero-order valence-corrected chi connectivity index (χ0v) is 21.5. The van der Waals surface area contributed by atoms with Gasteiger partial charge in [0.25, 0.3) is 0 Å². The molecule has 0 radical (unpaired) electrons. The van der Waals surface area contributed by atoms with Crippen LogP contribution in [0.3, 0.4) is 0 Å². The van der Waals surface area contributed by atoms with Crippen LogP contribution in [0.15, 0.2) is 103 Å². The average Bonchev–Trinajstić information content (AvgIpc) is 3.62. The van der Waals surface area contributed by atoms with Crippen LogP contribution in [0.1, 0.15) is 23.0 Å². The lowest BCUT2D eigenvalue weighted by atomic mass is 9.92. The molecule has 0 atom stereocenters. The molecule has 1 aliphatic heterocycles. The Bertz CT molecular complexity index is 1420. The number of hydrogen-bond donors (Lipinski definition) is 1. The molecular weight excluding hydrogens is 574 g/mol. The fraction of sp³-hybridized carbons (Fsp3) is 0.0714. The average molecular weight is 593 g/mol. The van der Waals surface area contributed by atoms with Gasteiger partial charge in [0, 0.05) is 31.8 Å². The minimum Gasteiger partial charge on any atom is -0.460 e. The second kappa shape index (κ2) is 8.98. The quantitative estimate of drug-likeness (QED) is 0.208. The predicted molar refractivity (Wildman–Crippen MR) is 142 cm³/mol. The van der Waals surface area contributed by atoms with Gasteiger partial charge in [-0.3, -0.25) is 0 Å². The zero-order valence-electron chi connectivity index (χ0n) is 18.3. The van der Waals surface area contributed by atoms with Crippen molar-refractivity contribution in [1.82, 2.24) is 0 Å². The molecule has 5 aromatic rings. The lowest BCUT2D eigenvalue weighted by Crippen LogP contribution is -2.05. The summed E-state index contributed by atoms with van der Waals surface area (Å²) in [5.74, 6) is 3.86. The Kier molecular flexibility index (Phi) is 5.66. The van der Waals surface area contributed by atoms with Gasteiger partial charge in [-0.1, -0.05) is 56.1 Å². The largest absolute Gasteiger partial charge is 0.460 e. The van der Waals surface area contributed by atoms with Crippen LogP contribution in [-0.4, -0.2) is 6.79 Å². The molecule has 0 saturated heterocycles. The van der Waals surface area contributed by atoms with Gasteiger partial charge in [0.15, 0.2) is 11.5 Å². The lowest BCUT2D eigenvalue weighted by Gasteiger charge is -2.16. The molecule has 2 aromatic heterocycles. The first-order valence-corrected chi connectivity index (χ1v) is 12.5. The topological polar surface area (TPSA) is 70.8 Å². The van der Waals surface area contributed by atoms with Gasteiger partial charge >= 0.3 is 0 Å². The molecule has 5 nitrogen and oxygen atoms in total. The minimum atomic E-state index is -0.377. The summed E-state index contributed by atoms with van der Waals surface area (Å²) in [5.41, 5.74) is 9.86. The number of anilines is 1. The SMILES string of the molecule is Nc1cc2c(cc1C(c1ccc(-c3ccc(Br)cc3)o1)c1ccc(-c3ccc(Br)cc3)o1)OCO2. The van der Waals surface area contributed by atoms with Crippen molar-refractivity contribution in [3.8, 4) is 34.1 Å². The summed E-state index contributed by atoms with van der Waals surface area (Å²) in [6.45, 7) is 0.172. The third-order valence-electron chi connectivity index (χ3n) is 5.97. The van der Waals surface area contributed by atoms with Crippen LogP contribution in [0.4, 0.5) is 5.69 Å². The molecule has 174 valence electrons. The zero-order chi connectivity index (χ0) is 23.9. The van der Waals surface area contributed by atoms with Crippen LogP contribution in [0.5, 0.6) is 11.5 Å². The van der Waals surface area contributed by atoms with Crippen LogP contribution in [0.25, 0.3) is 22.6 Å². The number of hydrogen-bond acceptors (Lipinski definition) is 5. The van der Waals surface area contributed by atoms with Crippen molar-refractivity contribution in [3.05, 3.63) is 111 Å². The number of fused-ring (bicyclic) bond motifs is 1. The van der Waals surface area contributed by atoms with Crippen molar-refractivity contribution in [2.24, 2.45) is 0 Å². The molecule has 0 amide bonds. The van der Waals surface area contributed by atoms with E-state index in [2.05, 4.69) is 31.9 Å². The van der Waals surface area contributed by atoms with Crippen molar-refractivity contribution in [2.45, 2.75) is 5.92 Å². The van der Waals surface area contributed by atoms with Gasteiger partial charge in [-0.15, -0.1) is 0 Å². The molecule has 0 unspecified atom stereocenters.